The number of nitrogens with zero attached hydrogens (tertiary/aromatic N) is 2. The number of hydrogen-bond donors (Lipinski definition) is 2. The van der Waals surface area contributed by atoms with E-state index in [2.05, 4.69) is 21.1 Å². The van der Waals surface area contributed by atoms with Crippen molar-refractivity contribution in [1.82, 2.24) is 10.9 Å². The van der Waals surface area contributed by atoms with Gasteiger partial charge < -0.3 is 0 Å². The van der Waals surface area contributed by atoms with E-state index in [-0.39, 0.29) is 24.7 Å². The summed E-state index contributed by atoms with van der Waals surface area (Å²) in [5.74, 6) is -0.654. The average molecular weight is 350 g/mol. The highest BCUT2D eigenvalue weighted by molar-refractivity contribution is 5.86. The fourth-order valence-corrected chi connectivity index (χ4v) is 2.20. The van der Waals surface area contributed by atoms with Crippen molar-refractivity contribution in [1.29, 1.82) is 0 Å². The molecule has 0 saturated heterocycles. The number of carbonyl (C=O) groups excluding carboxylic acids is 2. The maximum absolute atomic E-state index is 11.7. The molecule has 2 N–H and O–H groups in total. The molecule has 6 nitrogen and oxygen atoms in total. The molecule has 0 aliphatic heterocycles. The summed E-state index contributed by atoms with van der Waals surface area (Å²) >= 11 is 0. The van der Waals surface area contributed by atoms with Crippen molar-refractivity contribution in [3.8, 4) is 0 Å². The predicted molar refractivity (Wildman–Crippen MR) is 103 cm³/mol. The van der Waals surface area contributed by atoms with Gasteiger partial charge in [-0.05, 0) is 25.0 Å². The van der Waals surface area contributed by atoms with Gasteiger partial charge in [-0.15, -0.1) is 0 Å². The Kier molecular flexibility index (Phi) is 7.24. The van der Waals surface area contributed by atoms with E-state index in [0.29, 0.717) is 0 Å². The van der Waals surface area contributed by atoms with Gasteiger partial charge in [0.2, 0.25) is 11.8 Å². The van der Waals surface area contributed by atoms with Crippen molar-refractivity contribution in [2.75, 3.05) is 0 Å². The normalized spacial score (nSPS) is 11.0. The summed E-state index contributed by atoms with van der Waals surface area (Å²) < 4.78 is 0. The van der Waals surface area contributed by atoms with Gasteiger partial charge >= 0.3 is 0 Å². The van der Waals surface area contributed by atoms with Crippen molar-refractivity contribution >= 4 is 24.2 Å². The predicted octanol–water partition coefficient (Wildman–Crippen LogP) is 2.68. The van der Waals surface area contributed by atoms with Crippen molar-refractivity contribution < 1.29 is 9.59 Å². The number of benzene rings is 2. The molecular formula is C20H22N4O2. The lowest BCUT2D eigenvalue weighted by Crippen LogP contribution is -2.22. The summed E-state index contributed by atoms with van der Waals surface area (Å²) in [7, 11) is 0. The Balaban J connectivity index is 1.69. The second-order valence-corrected chi connectivity index (χ2v) is 5.91. The van der Waals surface area contributed by atoms with Crippen LogP contribution < -0.4 is 10.9 Å². The lowest BCUT2D eigenvalue weighted by molar-refractivity contribution is -0.126. The summed E-state index contributed by atoms with van der Waals surface area (Å²) in [5, 5.41) is 7.77. The Morgan fingerprint density at radius 3 is 1.62 bits per heavy atom. The molecule has 0 radical (unpaired) electrons. The van der Waals surface area contributed by atoms with Crippen LogP contribution in [-0.4, -0.2) is 24.2 Å². The first-order chi connectivity index (χ1) is 12.5. The first-order valence-corrected chi connectivity index (χ1v) is 8.30. The third-order valence-electron chi connectivity index (χ3n) is 3.47. The molecule has 2 amide bonds. The molecule has 0 unspecified atom stereocenters. The van der Waals surface area contributed by atoms with E-state index in [1.54, 1.807) is 12.4 Å². The van der Waals surface area contributed by atoms with E-state index in [1.807, 2.05) is 62.4 Å². The highest BCUT2D eigenvalue weighted by Gasteiger charge is 2.05. The number of amides is 2. The summed E-state index contributed by atoms with van der Waals surface area (Å²) in [6.07, 6.45) is 3.21. The molecule has 0 aromatic heterocycles. The van der Waals surface area contributed by atoms with Crippen molar-refractivity contribution in [2.45, 2.75) is 26.7 Å². The zero-order valence-corrected chi connectivity index (χ0v) is 14.9. The van der Waals surface area contributed by atoms with Crippen LogP contribution in [0.5, 0.6) is 0 Å². The Labute approximate surface area is 153 Å². The minimum atomic E-state index is -0.327. The number of aryl methyl sites for hydroxylation is 2. The van der Waals surface area contributed by atoms with E-state index in [1.165, 1.54) is 0 Å². The molecule has 6 heteroatoms. The van der Waals surface area contributed by atoms with Crippen LogP contribution in [0, 0.1) is 13.8 Å². The first-order valence-electron chi connectivity index (χ1n) is 8.30. The lowest BCUT2D eigenvalue weighted by atomic mass is 10.2. The fraction of sp³-hybridized carbons (Fsp3) is 0.200. The number of hydrazone groups is 2. The molecular weight excluding hydrogens is 328 g/mol. The number of rotatable bonds is 7. The summed E-state index contributed by atoms with van der Waals surface area (Å²) in [4.78, 5) is 23.4. The lowest BCUT2D eigenvalue weighted by Gasteiger charge is -2.00. The quantitative estimate of drug-likeness (QED) is 0.594. The Hall–Kier alpha value is -3.28. The van der Waals surface area contributed by atoms with Crippen molar-refractivity contribution in [3.63, 3.8) is 0 Å². The van der Waals surface area contributed by atoms with Gasteiger partial charge in [0, 0.05) is 12.8 Å². The Morgan fingerprint density at radius 1 is 0.808 bits per heavy atom. The van der Waals surface area contributed by atoms with Crippen LogP contribution in [0.3, 0.4) is 0 Å². The standard InChI is InChI=1S/C20H22N4O2/c1-15-5-3-7-17(11-15)13-21-23-19(25)9-10-20(26)24-22-14-18-8-4-6-16(2)12-18/h3-8,11-14H,9-10H2,1-2H3,(H,23,25)(H,24,26)/b21-13-,22-14-. The fourth-order valence-electron chi connectivity index (χ4n) is 2.20. The van der Waals surface area contributed by atoms with Crippen LogP contribution >= 0.6 is 0 Å². The molecule has 0 fully saturated rings. The summed E-state index contributed by atoms with van der Waals surface area (Å²) in [5.41, 5.74) is 8.83. The van der Waals surface area contributed by atoms with Crippen LogP contribution in [-0.2, 0) is 9.59 Å². The largest absolute Gasteiger partial charge is 0.273 e. The van der Waals surface area contributed by atoms with Gasteiger partial charge in [0.05, 0.1) is 12.4 Å². The second-order valence-electron chi connectivity index (χ2n) is 5.91. The maximum atomic E-state index is 11.7. The highest BCUT2D eigenvalue weighted by atomic mass is 16.2. The molecule has 134 valence electrons. The molecule has 0 aliphatic carbocycles. The molecule has 2 rings (SSSR count). The Morgan fingerprint density at radius 2 is 1.23 bits per heavy atom. The van der Waals surface area contributed by atoms with Gasteiger partial charge in [-0.25, -0.2) is 10.9 Å². The van der Waals surface area contributed by atoms with Gasteiger partial charge in [0.25, 0.3) is 0 Å². The number of nitrogens with one attached hydrogen (secondary N) is 2. The third-order valence-corrected chi connectivity index (χ3v) is 3.47. The van der Waals surface area contributed by atoms with Gasteiger partial charge in [-0.3, -0.25) is 9.59 Å². The number of carbonyl (C=O) groups is 2. The minimum Gasteiger partial charge on any atom is -0.273 e. The average Bonchev–Trinajstić information content (AvgIpc) is 2.60. The number of hydrogen-bond acceptors (Lipinski definition) is 4. The van der Waals surface area contributed by atoms with Gasteiger partial charge in [-0.1, -0.05) is 59.7 Å². The smallest absolute Gasteiger partial charge is 0.240 e. The zero-order chi connectivity index (χ0) is 18.8. The first kappa shape index (κ1) is 19.1. The SMILES string of the molecule is Cc1cccc(/C=N\NC(=O)CCC(=O)N/N=C\c2cccc(C)c2)c1. The Bertz CT molecular complexity index is 759. The van der Waals surface area contributed by atoms with Gasteiger partial charge in [0.1, 0.15) is 0 Å². The van der Waals surface area contributed by atoms with Crippen LogP contribution in [0.2, 0.25) is 0 Å². The summed E-state index contributed by atoms with van der Waals surface area (Å²) in [6.45, 7) is 3.96. The molecule has 0 aliphatic rings. The second kappa shape index (κ2) is 9.88. The van der Waals surface area contributed by atoms with E-state index in [9.17, 15) is 9.59 Å². The van der Waals surface area contributed by atoms with Crippen molar-refractivity contribution in [3.05, 3.63) is 70.8 Å². The zero-order valence-electron chi connectivity index (χ0n) is 14.9. The topological polar surface area (TPSA) is 82.9 Å². The van der Waals surface area contributed by atoms with Crippen LogP contribution in [0.25, 0.3) is 0 Å². The van der Waals surface area contributed by atoms with Gasteiger partial charge in [-0.2, -0.15) is 10.2 Å². The molecule has 26 heavy (non-hydrogen) atoms. The monoisotopic (exact) mass is 350 g/mol. The molecule has 2 aromatic carbocycles. The molecule has 0 spiro atoms. The van der Waals surface area contributed by atoms with Gasteiger partial charge in [0.15, 0.2) is 0 Å². The van der Waals surface area contributed by atoms with E-state index in [0.717, 1.165) is 22.3 Å². The third kappa shape index (κ3) is 7.09. The molecule has 0 bridgehead atoms. The molecule has 2 aromatic rings. The maximum Gasteiger partial charge on any atom is 0.240 e. The van der Waals surface area contributed by atoms with Crippen LogP contribution in [0.15, 0.2) is 58.7 Å². The van der Waals surface area contributed by atoms with Crippen molar-refractivity contribution in [2.24, 2.45) is 10.2 Å². The minimum absolute atomic E-state index is 0.0386. The molecule has 0 atom stereocenters. The van der Waals surface area contributed by atoms with E-state index >= 15 is 0 Å². The van der Waals surface area contributed by atoms with E-state index in [4.69, 9.17) is 0 Å². The molecule has 0 heterocycles. The molecule has 0 saturated carbocycles. The van der Waals surface area contributed by atoms with Crippen LogP contribution in [0.4, 0.5) is 0 Å². The highest BCUT2D eigenvalue weighted by Crippen LogP contribution is 2.01. The summed E-state index contributed by atoms with van der Waals surface area (Å²) in [6, 6.07) is 15.5. The van der Waals surface area contributed by atoms with Crippen LogP contribution in [0.1, 0.15) is 35.1 Å². The van der Waals surface area contributed by atoms with E-state index < -0.39 is 0 Å².